The van der Waals surface area contributed by atoms with Gasteiger partial charge < -0.3 is 15.2 Å². The maximum atomic E-state index is 13.4. The first-order valence-electron chi connectivity index (χ1n) is 11.5. The van der Waals surface area contributed by atoms with Crippen molar-refractivity contribution in [2.24, 2.45) is 5.92 Å². The van der Waals surface area contributed by atoms with Gasteiger partial charge in [0.05, 0.1) is 34.8 Å². The molecule has 8 nitrogen and oxygen atoms in total. The number of anilines is 1. The van der Waals surface area contributed by atoms with E-state index >= 15 is 0 Å². The molecule has 0 bridgehead atoms. The van der Waals surface area contributed by atoms with Gasteiger partial charge in [-0.05, 0) is 43.9 Å². The topological polar surface area (TPSA) is 103 Å². The van der Waals surface area contributed by atoms with E-state index in [1.54, 1.807) is 24.7 Å². The Balaban J connectivity index is 1.38. The standard InChI is InChI=1S/C24H22F3N7O/c25-24(26,27)16-9-14(10-30-22(16)28)17-3-4-18-20(32-17)21-19(11-29-18)31-12-34(21)15-5-7-33(8-6-15)23(35)13-1-2-13/h3-4,9-13,15H,1-2,5-8H2,(H2,28,30). The van der Waals surface area contributed by atoms with E-state index in [-0.39, 0.29) is 23.4 Å². The highest BCUT2D eigenvalue weighted by atomic mass is 19.4. The number of amides is 1. The molecule has 0 atom stereocenters. The number of alkyl halides is 3. The van der Waals surface area contributed by atoms with Crippen LogP contribution in [-0.2, 0) is 11.0 Å². The molecule has 11 heteroatoms. The number of hydrogen-bond donors (Lipinski definition) is 1. The molecule has 1 saturated heterocycles. The van der Waals surface area contributed by atoms with E-state index in [4.69, 9.17) is 10.7 Å². The number of fused-ring (bicyclic) bond motifs is 3. The molecule has 2 fully saturated rings. The summed E-state index contributed by atoms with van der Waals surface area (Å²) >= 11 is 0. The molecule has 0 unspecified atom stereocenters. The molecular weight excluding hydrogens is 459 g/mol. The molecule has 180 valence electrons. The number of rotatable bonds is 3. The van der Waals surface area contributed by atoms with Crippen LogP contribution in [0.2, 0.25) is 0 Å². The number of carbonyl (C=O) groups excluding carboxylic acids is 1. The zero-order valence-corrected chi connectivity index (χ0v) is 18.7. The van der Waals surface area contributed by atoms with Crippen LogP contribution in [0, 0.1) is 5.92 Å². The minimum absolute atomic E-state index is 0.134. The number of likely N-dealkylation sites (tertiary alicyclic amines) is 1. The molecule has 0 spiro atoms. The summed E-state index contributed by atoms with van der Waals surface area (Å²) in [6.07, 6.45) is 3.68. The second kappa shape index (κ2) is 7.89. The van der Waals surface area contributed by atoms with Crippen molar-refractivity contribution in [1.29, 1.82) is 0 Å². The van der Waals surface area contributed by atoms with Gasteiger partial charge in [0.2, 0.25) is 5.91 Å². The summed E-state index contributed by atoms with van der Waals surface area (Å²) in [5.74, 6) is -0.107. The lowest BCUT2D eigenvalue weighted by molar-refractivity contribution is -0.137. The van der Waals surface area contributed by atoms with E-state index in [1.807, 2.05) is 4.90 Å². The Morgan fingerprint density at radius 1 is 1.00 bits per heavy atom. The number of carbonyl (C=O) groups is 1. The smallest absolute Gasteiger partial charge is 0.383 e. The second-order valence-corrected chi connectivity index (χ2v) is 9.19. The minimum atomic E-state index is -4.62. The van der Waals surface area contributed by atoms with E-state index in [2.05, 4.69) is 19.5 Å². The van der Waals surface area contributed by atoms with Crippen LogP contribution in [0.3, 0.4) is 0 Å². The van der Waals surface area contributed by atoms with Crippen molar-refractivity contribution in [2.75, 3.05) is 18.8 Å². The van der Waals surface area contributed by atoms with Crippen molar-refractivity contribution in [1.82, 2.24) is 29.4 Å². The first-order chi connectivity index (χ1) is 16.8. The zero-order chi connectivity index (χ0) is 24.3. The number of nitrogens with two attached hydrogens (primary N) is 1. The average Bonchev–Trinajstić information content (AvgIpc) is 3.61. The summed E-state index contributed by atoms with van der Waals surface area (Å²) in [5, 5.41) is 0. The maximum absolute atomic E-state index is 13.4. The van der Waals surface area contributed by atoms with Gasteiger partial charge in [0.25, 0.3) is 0 Å². The van der Waals surface area contributed by atoms with Gasteiger partial charge in [0.15, 0.2) is 0 Å². The number of nitrogen functional groups attached to an aromatic ring is 1. The molecule has 6 rings (SSSR count). The lowest BCUT2D eigenvalue weighted by Crippen LogP contribution is -2.39. The van der Waals surface area contributed by atoms with Crippen molar-refractivity contribution in [3.05, 3.63) is 42.5 Å². The van der Waals surface area contributed by atoms with E-state index in [9.17, 15) is 18.0 Å². The SMILES string of the molecule is Nc1ncc(-c2ccc3ncc4ncn(C5CCN(C(=O)C6CC6)CC5)c4c3n2)cc1C(F)(F)F. The van der Waals surface area contributed by atoms with Crippen LogP contribution in [0.1, 0.15) is 37.3 Å². The number of piperidine rings is 1. The van der Waals surface area contributed by atoms with Gasteiger partial charge in [-0.2, -0.15) is 13.2 Å². The highest BCUT2D eigenvalue weighted by Crippen LogP contribution is 2.37. The molecular formula is C24H22F3N7O. The Labute approximate surface area is 198 Å². The van der Waals surface area contributed by atoms with Crippen LogP contribution in [0.15, 0.2) is 36.9 Å². The van der Waals surface area contributed by atoms with Gasteiger partial charge in [-0.1, -0.05) is 0 Å². The number of halogens is 3. The van der Waals surface area contributed by atoms with Gasteiger partial charge in [0, 0.05) is 36.8 Å². The first-order valence-corrected chi connectivity index (χ1v) is 11.5. The third-order valence-corrected chi connectivity index (χ3v) is 6.86. The fourth-order valence-corrected chi connectivity index (χ4v) is 4.81. The van der Waals surface area contributed by atoms with Crippen molar-refractivity contribution in [3.8, 4) is 11.3 Å². The summed E-state index contributed by atoms with van der Waals surface area (Å²) < 4.78 is 42.2. The number of pyridine rings is 3. The van der Waals surface area contributed by atoms with E-state index < -0.39 is 17.6 Å². The minimum Gasteiger partial charge on any atom is -0.383 e. The number of imidazole rings is 1. The van der Waals surface area contributed by atoms with Crippen molar-refractivity contribution < 1.29 is 18.0 Å². The molecule has 4 aromatic heterocycles. The third kappa shape index (κ3) is 3.84. The first kappa shape index (κ1) is 21.8. The van der Waals surface area contributed by atoms with E-state index in [0.29, 0.717) is 35.3 Å². The monoisotopic (exact) mass is 481 g/mol. The number of hydrogen-bond acceptors (Lipinski definition) is 6. The Morgan fingerprint density at radius 3 is 2.49 bits per heavy atom. The second-order valence-electron chi connectivity index (χ2n) is 9.19. The fourth-order valence-electron chi connectivity index (χ4n) is 4.81. The average molecular weight is 481 g/mol. The number of aromatic nitrogens is 5. The molecule has 2 aliphatic rings. The summed E-state index contributed by atoms with van der Waals surface area (Å²) in [6, 6.07) is 4.45. The summed E-state index contributed by atoms with van der Waals surface area (Å²) in [4.78, 5) is 31.7. The molecule has 1 amide bonds. The Kier molecular flexibility index (Phi) is 4.90. The van der Waals surface area contributed by atoms with Gasteiger partial charge >= 0.3 is 6.18 Å². The molecule has 0 radical (unpaired) electrons. The van der Waals surface area contributed by atoms with Gasteiger partial charge in [-0.25, -0.2) is 15.0 Å². The lowest BCUT2D eigenvalue weighted by Gasteiger charge is -2.33. The highest BCUT2D eigenvalue weighted by molar-refractivity contribution is 6.00. The quantitative estimate of drug-likeness (QED) is 0.470. The van der Waals surface area contributed by atoms with Gasteiger partial charge in [-0.3, -0.25) is 9.78 Å². The maximum Gasteiger partial charge on any atom is 0.419 e. The van der Waals surface area contributed by atoms with E-state index in [1.165, 1.54) is 6.20 Å². The predicted octanol–water partition coefficient (Wildman–Crippen LogP) is 4.22. The van der Waals surface area contributed by atoms with E-state index in [0.717, 1.165) is 37.3 Å². The Morgan fingerprint density at radius 2 is 1.77 bits per heavy atom. The lowest BCUT2D eigenvalue weighted by atomic mass is 10.0. The third-order valence-electron chi connectivity index (χ3n) is 6.86. The van der Waals surface area contributed by atoms with Crippen LogP contribution < -0.4 is 5.73 Å². The van der Waals surface area contributed by atoms with Crippen LogP contribution in [0.5, 0.6) is 0 Å². The van der Waals surface area contributed by atoms with Crippen molar-refractivity contribution >= 4 is 33.8 Å². The van der Waals surface area contributed by atoms with Crippen LogP contribution in [0.25, 0.3) is 33.3 Å². The van der Waals surface area contributed by atoms with Crippen molar-refractivity contribution in [3.63, 3.8) is 0 Å². The van der Waals surface area contributed by atoms with Crippen LogP contribution >= 0.6 is 0 Å². The fraction of sp³-hybridized carbons (Fsp3) is 0.375. The molecule has 5 heterocycles. The normalized spacial score (nSPS) is 17.4. The summed E-state index contributed by atoms with van der Waals surface area (Å²) in [6.45, 7) is 1.39. The molecule has 0 aromatic carbocycles. The Bertz CT molecular complexity index is 1450. The highest BCUT2D eigenvalue weighted by Gasteiger charge is 2.36. The molecule has 1 aliphatic heterocycles. The van der Waals surface area contributed by atoms with Crippen LogP contribution in [-0.4, -0.2) is 48.4 Å². The molecule has 35 heavy (non-hydrogen) atoms. The van der Waals surface area contributed by atoms with Gasteiger partial charge in [0.1, 0.15) is 16.9 Å². The Hall–Kier alpha value is -3.76. The summed E-state index contributed by atoms with van der Waals surface area (Å²) in [7, 11) is 0. The largest absolute Gasteiger partial charge is 0.419 e. The zero-order valence-electron chi connectivity index (χ0n) is 18.7. The molecule has 1 saturated carbocycles. The molecule has 4 aromatic rings. The van der Waals surface area contributed by atoms with Crippen molar-refractivity contribution in [2.45, 2.75) is 37.9 Å². The molecule has 2 N–H and O–H groups in total. The predicted molar refractivity (Wildman–Crippen MR) is 123 cm³/mol. The molecule has 1 aliphatic carbocycles. The van der Waals surface area contributed by atoms with Gasteiger partial charge in [-0.15, -0.1) is 0 Å². The van der Waals surface area contributed by atoms with Crippen LogP contribution in [0.4, 0.5) is 19.0 Å². The summed E-state index contributed by atoms with van der Waals surface area (Å²) in [5.41, 5.74) is 7.62. The number of nitrogens with zero attached hydrogens (tertiary/aromatic N) is 6.